The third kappa shape index (κ3) is 5.48. The van der Waals surface area contributed by atoms with Crippen molar-refractivity contribution in [2.24, 2.45) is 5.10 Å². The maximum Gasteiger partial charge on any atom is 0.277 e. The highest BCUT2D eigenvalue weighted by atomic mass is 16.5. The van der Waals surface area contributed by atoms with Crippen LogP contribution in [0.5, 0.6) is 17.2 Å². The highest BCUT2D eigenvalue weighted by Gasteiger charge is 2.11. The molecule has 0 saturated carbocycles. The molecule has 144 valence electrons. The van der Waals surface area contributed by atoms with Crippen molar-refractivity contribution in [2.75, 3.05) is 13.7 Å². The van der Waals surface area contributed by atoms with Crippen LogP contribution in [0, 0.1) is 6.92 Å². The van der Waals surface area contributed by atoms with Gasteiger partial charge in [-0.2, -0.15) is 5.10 Å². The second kappa shape index (κ2) is 9.07. The first-order valence-corrected chi connectivity index (χ1v) is 8.75. The number of ether oxygens (including phenoxy) is 2. The Kier molecular flexibility index (Phi) is 6.82. The third-order valence-electron chi connectivity index (χ3n) is 4.09. The molecule has 2 aromatic carbocycles. The minimum Gasteiger partial charge on any atom is -0.507 e. The van der Waals surface area contributed by atoms with Crippen molar-refractivity contribution in [3.05, 3.63) is 53.1 Å². The van der Waals surface area contributed by atoms with Crippen molar-refractivity contribution >= 4 is 11.6 Å². The molecule has 0 aromatic heterocycles. The standard InChI is InChI=1S/C21H26N2O4/c1-13(2)17-8-6-14(3)10-20(17)27-12-21(25)23-22-15(4)18-9-7-16(26-5)11-19(18)24/h6-11,13,24H,12H2,1-5H3,(H,23,25)/b22-15+. The largest absolute Gasteiger partial charge is 0.507 e. The maximum absolute atomic E-state index is 12.1. The monoisotopic (exact) mass is 370 g/mol. The quantitative estimate of drug-likeness (QED) is 0.575. The fraction of sp³-hybridized carbons (Fsp3) is 0.333. The van der Waals surface area contributed by atoms with Crippen molar-refractivity contribution in [1.29, 1.82) is 0 Å². The number of hydrogen-bond donors (Lipinski definition) is 2. The fourth-order valence-electron chi connectivity index (χ4n) is 2.57. The van der Waals surface area contributed by atoms with Gasteiger partial charge in [0.2, 0.25) is 0 Å². The normalized spacial score (nSPS) is 11.4. The second-order valence-electron chi connectivity index (χ2n) is 6.60. The van der Waals surface area contributed by atoms with Crippen LogP contribution in [-0.4, -0.2) is 30.4 Å². The predicted molar refractivity (Wildman–Crippen MR) is 106 cm³/mol. The number of methoxy groups -OCH3 is 1. The third-order valence-corrected chi connectivity index (χ3v) is 4.09. The number of nitrogens with one attached hydrogen (secondary N) is 1. The molecule has 2 N–H and O–H groups in total. The van der Waals surface area contributed by atoms with Crippen LogP contribution in [0.25, 0.3) is 0 Å². The molecule has 0 radical (unpaired) electrons. The molecular formula is C21H26N2O4. The van der Waals surface area contributed by atoms with Crippen LogP contribution in [-0.2, 0) is 4.79 Å². The van der Waals surface area contributed by atoms with Gasteiger partial charge in [-0.3, -0.25) is 4.79 Å². The summed E-state index contributed by atoms with van der Waals surface area (Å²) in [5, 5.41) is 14.1. The lowest BCUT2D eigenvalue weighted by atomic mass is 10.0. The molecule has 2 aromatic rings. The average molecular weight is 370 g/mol. The number of rotatable bonds is 7. The molecule has 0 heterocycles. The summed E-state index contributed by atoms with van der Waals surface area (Å²) in [6, 6.07) is 10.8. The van der Waals surface area contributed by atoms with Crippen LogP contribution in [0.2, 0.25) is 0 Å². The highest BCUT2D eigenvalue weighted by Crippen LogP contribution is 2.27. The van der Waals surface area contributed by atoms with Crippen LogP contribution in [0.1, 0.15) is 43.4 Å². The van der Waals surface area contributed by atoms with Gasteiger partial charge in [0.1, 0.15) is 17.2 Å². The first-order chi connectivity index (χ1) is 12.8. The van der Waals surface area contributed by atoms with Crippen molar-refractivity contribution in [1.82, 2.24) is 5.43 Å². The molecule has 0 saturated heterocycles. The van der Waals surface area contributed by atoms with E-state index in [0.29, 0.717) is 28.7 Å². The van der Waals surface area contributed by atoms with E-state index < -0.39 is 0 Å². The number of phenols is 1. The molecule has 0 atom stereocenters. The van der Waals surface area contributed by atoms with Crippen molar-refractivity contribution in [3.8, 4) is 17.2 Å². The molecule has 0 fully saturated rings. The summed E-state index contributed by atoms with van der Waals surface area (Å²) in [4.78, 5) is 12.1. The Morgan fingerprint density at radius 3 is 2.59 bits per heavy atom. The van der Waals surface area contributed by atoms with Gasteiger partial charge in [0.15, 0.2) is 6.61 Å². The Bertz CT molecular complexity index is 844. The molecule has 0 bridgehead atoms. The zero-order valence-electron chi connectivity index (χ0n) is 16.4. The topological polar surface area (TPSA) is 80.2 Å². The Balaban J connectivity index is 2.00. The van der Waals surface area contributed by atoms with Gasteiger partial charge in [0.25, 0.3) is 5.91 Å². The molecule has 0 unspecified atom stereocenters. The first kappa shape index (κ1) is 20.3. The molecule has 1 amide bonds. The van der Waals surface area contributed by atoms with Crippen molar-refractivity contribution in [3.63, 3.8) is 0 Å². The van der Waals surface area contributed by atoms with Gasteiger partial charge in [0, 0.05) is 11.6 Å². The van der Waals surface area contributed by atoms with Gasteiger partial charge in [0.05, 0.1) is 12.8 Å². The highest BCUT2D eigenvalue weighted by molar-refractivity contribution is 6.01. The smallest absolute Gasteiger partial charge is 0.277 e. The van der Waals surface area contributed by atoms with Crippen LogP contribution >= 0.6 is 0 Å². The molecule has 6 heteroatoms. The number of amides is 1. The number of carbonyl (C=O) groups is 1. The zero-order chi connectivity index (χ0) is 20.0. The van der Waals surface area contributed by atoms with E-state index in [4.69, 9.17) is 9.47 Å². The summed E-state index contributed by atoms with van der Waals surface area (Å²) < 4.78 is 10.7. The molecule has 0 spiro atoms. The summed E-state index contributed by atoms with van der Waals surface area (Å²) in [5.41, 5.74) is 5.56. The van der Waals surface area contributed by atoms with Crippen LogP contribution in [0.15, 0.2) is 41.5 Å². The molecule has 6 nitrogen and oxygen atoms in total. The number of nitrogens with zero attached hydrogens (tertiary/aromatic N) is 1. The Morgan fingerprint density at radius 2 is 1.96 bits per heavy atom. The summed E-state index contributed by atoms with van der Waals surface area (Å²) in [6.07, 6.45) is 0. The van der Waals surface area contributed by atoms with Gasteiger partial charge >= 0.3 is 0 Å². The number of aryl methyl sites for hydroxylation is 1. The van der Waals surface area contributed by atoms with E-state index in [1.165, 1.54) is 13.2 Å². The second-order valence-corrected chi connectivity index (χ2v) is 6.60. The lowest BCUT2D eigenvalue weighted by Gasteiger charge is -2.14. The molecule has 27 heavy (non-hydrogen) atoms. The van der Waals surface area contributed by atoms with Crippen LogP contribution < -0.4 is 14.9 Å². The van der Waals surface area contributed by atoms with Crippen LogP contribution in [0.4, 0.5) is 0 Å². The number of hydrogen-bond acceptors (Lipinski definition) is 5. The van der Waals surface area contributed by atoms with Crippen LogP contribution in [0.3, 0.4) is 0 Å². The summed E-state index contributed by atoms with van der Waals surface area (Å²) >= 11 is 0. The van der Waals surface area contributed by atoms with Crippen molar-refractivity contribution < 1.29 is 19.4 Å². The Hall–Kier alpha value is -3.02. The molecule has 0 aliphatic heterocycles. The van der Waals surface area contributed by atoms with Gasteiger partial charge in [-0.1, -0.05) is 26.0 Å². The maximum atomic E-state index is 12.1. The molecule has 0 aliphatic rings. The average Bonchev–Trinajstić information content (AvgIpc) is 2.64. The number of benzene rings is 2. The van der Waals surface area contributed by atoms with E-state index in [9.17, 15) is 9.90 Å². The Labute approximate surface area is 159 Å². The zero-order valence-corrected chi connectivity index (χ0v) is 16.4. The SMILES string of the molecule is COc1ccc(/C(C)=N/NC(=O)COc2cc(C)ccc2C(C)C)c(O)c1. The lowest BCUT2D eigenvalue weighted by molar-refractivity contribution is -0.123. The number of aromatic hydroxyl groups is 1. The number of phenolic OH excluding ortho intramolecular Hbond substituents is 1. The van der Waals surface area contributed by atoms with Gasteiger partial charge in [-0.25, -0.2) is 5.43 Å². The van der Waals surface area contributed by atoms with E-state index in [1.807, 2.05) is 25.1 Å². The predicted octanol–water partition coefficient (Wildman–Crippen LogP) is 3.75. The first-order valence-electron chi connectivity index (χ1n) is 8.75. The van der Waals surface area contributed by atoms with Gasteiger partial charge in [-0.15, -0.1) is 0 Å². The lowest BCUT2D eigenvalue weighted by Crippen LogP contribution is -2.26. The Morgan fingerprint density at radius 1 is 1.22 bits per heavy atom. The van der Waals surface area contributed by atoms with E-state index >= 15 is 0 Å². The van der Waals surface area contributed by atoms with E-state index in [-0.39, 0.29) is 18.3 Å². The minimum absolute atomic E-state index is 0.0300. The fourth-order valence-corrected chi connectivity index (χ4v) is 2.57. The van der Waals surface area contributed by atoms with E-state index in [1.54, 1.807) is 19.1 Å². The molecular weight excluding hydrogens is 344 g/mol. The summed E-state index contributed by atoms with van der Waals surface area (Å²) in [7, 11) is 1.52. The van der Waals surface area contributed by atoms with Gasteiger partial charge in [-0.05, 0) is 49.1 Å². The molecule has 2 rings (SSSR count). The summed E-state index contributed by atoms with van der Waals surface area (Å²) in [5.74, 6) is 1.19. The van der Waals surface area contributed by atoms with Gasteiger partial charge < -0.3 is 14.6 Å². The number of hydrazone groups is 1. The van der Waals surface area contributed by atoms with E-state index in [2.05, 4.69) is 24.4 Å². The minimum atomic E-state index is -0.376. The molecule has 0 aliphatic carbocycles. The van der Waals surface area contributed by atoms with Crippen molar-refractivity contribution in [2.45, 2.75) is 33.6 Å². The van der Waals surface area contributed by atoms with E-state index in [0.717, 1.165) is 11.1 Å². The summed E-state index contributed by atoms with van der Waals surface area (Å²) in [6.45, 7) is 7.68. The number of carbonyl (C=O) groups excluding carboxylic acids is 1.